The molecule has 0 spiro atoms. The molecule has 0 rings (SSSR count). The van der Waals surface area contributed by atoms with Gasteiger partial charge in [-0.15, -0.1) is 0 Å². The molecule has 0 saturated heterocycles. The summed E-state index contributed by atoms with van der Waals surface area (Å²) in [6.07, 6.45) is -5.92. The van der Waals surface area contributed by atoms with Crippen molar-refractivity contribution in [2.75, 3.05) is 0 Å². The predicted octanol–water partition coefficient (Wildman–Crippen LogP) is 4.88. The second-order valence-corrected chi connectivity index (χ2v) is 5.57. The average molecular weight is 466 g/mol. The summed E-state index contributed by atoms with van der Waals surface area (Å²) in [5.74, 6) is -49.2. The van der Waals surface area contributed by atoms with E-state index in [1.807, 2.05) is 0 Å². The Morgan fingerprint density at radius 1 is 0.556 bits per heavy atom. The van der Waals surface area contributed by atoms with Crippen molar-refractivity contribution in [3.8, 4) is 0 Å². The smallest absolute Gasteiger partial charge is 0.301 e. The SMILES string of the molecule is O=S(O)C(F)(F)C(F)(F)C(F)(F)C(F)(F)C(F)(F)C(F)(F)C(F)(F)C(F)F. The summed E-state index contributed by atoms with van der Waals surface area (Å²) >= 11 is -5.50. The van der Waals surface area contributed by atoms with Crippen LogP contribution in [0.5, 0.6) is 0 Å². The molecule has 1 N–H and O–H groups in total. The zero-order chi connectivity index (χ0) is 22.7. The molecule has 0 aromatic carbocycles. The normalized spacial score (nSPS) is 17.4. The molecule has 0 aromatic rings. The Morgan fingerprint density at radius 2 is 0.815 bits per heavy atom. The third kappa shape index (κ3) is 3.13. The molecule has 0 aliphatic heterocycles. The van der Waals surface area contributed by atoms with Crippen LogP contribution in [0, 0.1) is 0 Å². The van der Waals surface area contributed by atoms with E-state index >= 15 is 0 Å². The standard InChI is InChI=1S/C8H2F16O2S/c9-1(10)2(11,12)3(13,14)4(15,16)5(17,18)6(19,20)7(21,22)8(23,24)27(25)26/h1H,(H,25,26). The van der Waals surface area contributed by atoms with E-state index < -0.39 is 58.3 Å². The van der Waals surface area contributed by atoms with Gasteiger partial charge in [0.25, 0.3) is 0 Å². The molecule has 164 valence electrons. The lowest BCUT2D eigenvalue weighted by Crippen LogP contribution is -2.74. The highest BCUT2D eigenvalue weighted by atomic mass is 32.2. The maximum atomic E-state index is 13.0. The lowest BCUT2D eigenvalue weighted by molar-refractivity contribution is -0.441. The Kier molecular flexibility index (Phi) is 6.27. The fourth-order valence-corrected chi connectivity index (χ4v) is 1.58. The molecule has 0 heterocycles. The molecule has 0 aromatic heterocycles. The Morgan fingerprint density at radius 3 is 1.07 bits per heavy atom. The van der Waals surface area contributed by atoms with E-state index in [0.717, 1.165) is 0 Å². The third-order valence-corrected chi connectivity index (χ3v) is 3.55. The van der Waals surface area contributed by atoms with E-state index in [1.54, 1.807) is 0 Å². The van der Waals surface area contributed by atoms with E-state index in [9.17, 15) is 74.5 Å². The molecular weight excluding hydrogens is 464 g/mol. The van der Waals surface area contributed by atoms with Gasteiger partial charge in [-0.25, -0.2) is 13.0 Å². The summed E-state index contributed by atoms with van der Waals surface area (Å²) in [4.78, 5) is 0. The lowest BCUT2D eigenvalue weighted by atomic mass is 9.91. The van der Waals surface area contributed by atoms with Crippen molar-refractivity contribution in [2.45, 2.75) is 47.2 Å². The zero-order valence-corrected chi connectivity index (χ0v) is 12.2. The van der Waals surface area contributed by atoms with Gasteiger partial charge in [-0.1, -0.05) is 0 Å². The monoisotopic (exact) mass is 466 g/mol. The van der Waals surface area contributed by atoms with Crippen molar-refractivity contribution in [3.63, 3.8) is 0 Å². The van der Waals surface area contributed by atoms with Crippen LogP contribution in [0.4, 0.5) is 70.2 Å². The fraction of sp³-hybridized carbons (Fsp3) is 1.00. The molecule has 1 atom stereocenters. The second kappa shape index (κ2) is 6.51. The maximum Gasteiger partial charge on any atom is 0.413 e. The van der Waals surface area contributed by atoms with Crippen molar-refractivity contribution in [1.82, 2.24) is 0 Å². The fourth-order valence-electron chi connectivity index (χ4n) is 1.23. The van der Waals surface area contributed by atoms with Crippen LogP contribution in [0.15, 0.2) is 0 Å². The highest BCUT2D eigenvalue weighted by Crippen LogP contribution is 2.62. The summed E-state index contributed by atoms with van der Waals surface area (Å²) in [6.45, 7) is 0. The quantitative estimate of drug-likeness (QED) is 0.409. The average Bonchev–Trinajstić information content (AvgIpc) is 2.45. The molecule has 0 aliphatic carbocycles. The van der Waals surface area contributed by atoms with Gasteiger partial charge in [0.15, 0.2) is 0 Å². The molecule has 0 amide bonds. The molecule has 0 radical (unpaired) electrons. The molecular formula is C8H2F16O2S. The van der Waals surface area contributed by atoms with Crippen LogP contribution in [-0.4, -0.2) is 56.0 Å². The van der Waals surface area contributed by atoms with Crippen LogP contribution in [0.2, 0.25) is 0 Å². The molecule has 0 aliphatic rings. The van der Waals surface area contributed by atoms with Gasteiger partial charge in [-0.3, -0.25) is 0 Å². The molecule has 0 fully saturated rings. The van der Waals surface area contributed by atoms with Gasteiger partial charge < -0.3 is 4.55 Å². The van der Waals surface area contributed by atoms with Crippen molar-refractivity contribution in [3.05, 3.63) is 0 Å². The van der Waals surface area contributed by atoms with E-state index in [2.05, 4.69) is 0 Å². The van der Waals surface area contributed by atoms with Crippen LogP contribution in [0.1, 0.15) is 0 Å². The highest BCUT2D eigenvalue weighted by Gasteiger charge is 2.94. The Bertz CT molecular complexity index is 583. The first-order valence-corrected chi connectivity index (χ1v) is 6.53. The van der Waals surface area contributed by atoms with Crippen LogP contribution >= 0.6 is 0 Å². The van der Waals surface area contributed by atoms with Gasteiger partial charge in [0, 0.05) is 0 Å². The minimum atomic E-state index is -8.56. The molecule has 1 unspecified atom stereocenters. The predicted molar refractivity (Wildman–Crippen MR) is 51.4 cm³/mol. The van der Waals surface area contributed by atoms with Gasteiger partial charge in [0.1, 0.15) is 0 Å². The number of halogens is 16. The van der Waals surface area contributed by atoms with E-state index in [-0.39, 0.29) is 0 Å². The minimum Gasteiger partial charge on any atom is -0.301 e. The van der Waals surface area contributed by atoms with Crippen LogP contribution < -0.4 is 0 Å². The molecule has 27 heavy (non-hydrogen) atoms. The van der Waals surface area contributed by atoms with Crippen molar-refractivity contribution >= 4 is 11.1 Å². The van der Waals surface area contributed by atoms with E-state index in [0.29, 0.717) is 0 Å². The topological polar surface area (TPSA) is 37.3 Å². The first-order valence-electron chi connectivity index (χ1n) is 5.42. The third-order valence-electron chi connectivity index (χ3n) is 2.85. The maximum absolute atomic E-state index is 13.0. The number of hydrogen-bond donors (Lipinski definition) is 1. The summed E-state index contributed by atoms with van der Waals surface area (Å²) < 4.78 is 220. The largest absolute Gasteiger partial charge is 0.413 e. The van der Waals surface area contributed by atoms with Gasteiger partial charge in [0.05, 0.1) is 0 Å². The Labute approximate surface area is 138 Å². The highest BCUT2D eigenvalue weighted by molar-refractivity contribution is 7.80. The molecule has 2 nitrogen and oxygen atoms in total. The Hall–Kier alpha value is -1.01. The summed E-state index contributed by atoms with van der Waals surface area (Å²) in [7, 11) is 0. The molecule has 0 saturated carbocycles. The minimum absolute atomic E-state index is 5.50. The van der Waals surface area contributed by atoms with E-state index in [1.165, 1.54) is 0 Å². The number of rotatable bonds is 8. The Balaban J connectivity index is 6.66. The van der Waals surface area contributed by atoms with Gasteiger partial charge in [-0.2, -0.15) is 61.5 Å². The summed E-state index contributed by atoms with van der Waals surface area (Å²) in [5.41, 5.74) is 0. The summed E-state index contributed by atoms with van der Waals surface area (Å²) in [6, 6.07) is 0. The van der Waals surface area contributed by atoms with Gasteiger partial charge in [-0.05, 0) is 0 Å². The first-order chi connectivity index (χ1) is 11.4. The van der Waals surface area contributed by atoms with Crippen molar-refractivity contribution < 1.29 is 79.0 Å². The van der Waals surface area contributed by atoms with Crippen molar-refractivity contribution in [1.29, 1.82) is 0 Å². The van der Waals surface area contributed by atoms with Crippen LogP contribution in [0.3, 0.4) is 0 Å². The van der Waals surface area contributed by atoms with Crippen molar-refractivity contribution in [2.24, 2.45) is 0 Å². The van der Waals surface area contributed by atoms with Crippen LogP contribution in [0.25, 0.3) is 0 Å². The number of alkyl halides is 16. The second-order valence-electron chi connectivity index (χ2n) is 4.56. The summed E-state index contributed by atoms with van der Waals surface area (Å²) in [5, 5.41) is -7.20. The molecule has 0 bridgehead atoms. The van der Waals surface area contributed by atoms with E-state index in [4.69, 9.17) is 4.55 Å². The lowest BCUT2D eigenvalue weighted by Gasteiger charge is -2.41. The van der Waals surface area contributed by atoms with Gasteiger partial charge >= 0.3 is 47.2 Å². The number of hydrogen-bond acceptors (Lipinski definition) is 1. The first kappa shape index (κ1) is 26.0. The van der Waals surface area contributed by atoms with Gasteiger partial charge in [0.2, 0.25) is 11.1 Å². The molecule has 19 heteroatoms. The van der Waals surface area contributed by atoms with Crippen LogP contribution in [-0.2, 0) is 11.1 Å². The zero-order valence-electron chi connectivity index (χ0n) is 11.4.